The van der Waals surface area contributed by atoms with Crippen LogP contribution in [0.15, 0.2) is 76.6 Å². The predicted molar refractivity (Wildman–Crippen MR) is 145 cm³/mol. The summed E-state index contributed by atoms with van der Waals surface area (Å²) in [6.07, 6.45) is 4.68. The molecule has 0 aliphatic carbocycles. The molecule has 0 N–H and O–H groups in total. The zero-order valence-corrected chi connectivity index (χ0v) is 22.4. The minimum Gasteiger partial charge on any atom is -0.495 e. The molecular formula is C29H27ClN2O7. The van der Waals surface area contributed by atoms with Gasteiger partial charge in [0.1, 0.15) is 17.7 Å². The minimum absolute atomic E-state index is 0.0525. The van der Waals surface area contributed by atoms with Gasteiger partial charge in [-0.3, -0.25) is 9.59 Å². The van der Waals surface area contributed by atoms with Gasteiger partial charge in [0.2, 0.25) is 0 Å². The third-order valence-electron chi connectivity index (χ3n) is 6.30. The Kier molecular flexibility index (Phi) is 8.96. The van der Waals surface area contributed by atoms with Crippen molar-refractivity contribution in [1.82, 2.24) is 9.55 Å². The van der Waals surface area contributed by atoms with Gasteiger partial charge in [-0.15, -0.1) is 0 Å². The van der Waals surface area contributed by atoms with E-state index in [0.29, 0.717) is 44.3 Å². The molecule has 0 fully saturated rings. The third-order valence-corrected chi connectivity index (χ3v) is 6.54. The fraction of sp³-hybridized carbons (Fsp3) is 0.241. The highest BCUT2D eigenvalue weighted by Crippen LogP contribution is 2.38. The maximum Gasteiger partial charge on any atom is 0.337 e. The zero-order chi connectivity index (χ0) is 27.9. The van der Waals surface area contributed by atoms with Crippen molar-refractivity contribution in [3.05, 3.63) is 93.9 Å². The van der Waals surface area contributed by atoms with E-state index in [1.54, 1.807) is 42.5 Å². The van der Waals surface area contributed by atoms with Crippen molar-refractivity contribution in [2.24, 2.45) is 0 Å². The summed E-state index contributed by atoms with van der Waals surface area (Å²) in [6, 6.07) is 12.4. The lowest BCUT2D eigenvalue weighted by Crippen LogP contribution is -2.31. The van der Waals surface area contributed by atoms with Gasteiger partial charge in [-0.25, -0.2) is 9.78 Å². The van der Waals surface area contributed by atoms with E-state index in [2.05, 4.69) is 4.98 Å². The van der Waals surface area contributed by atoms with Crippen LogP contribution in [0.3, 0.4) is 0 Å². The van der Waals surface area contributed by atoms with Gasteiger partial charge in [-0.2, -0.15) is 0 Å². The highest BCUT2D eigenvalue weighted by Gasteiger charge is 2.24. The number of halogens is 1. The Hall–Kier alpha value is -4.21. The van der Waals surface area contributed by atoms with Gasteiger partial charge in [0.15, 0.2) is 12.2 Å². The molecule has 2 aromatic heterocycles. The van der Waals surface area contributed by atoms with E-state index in [0.717, 1.165) is 0 Å². The second kappa shape index (κ2) is 12.6. The van der Waals surface area contributed by atoms with Crippen LogP contribution < -0.4 is 10.3 Å². The van der Waals surface area contributed by atoms with Gasteiger partial charge in [0.05, 0.1) is 32.0 Å². The van der Waals surface area contributed by atoms with Gasteiger partial charge in [0.25, 0.3) is 5.56 Å². The summed E-state index contributed by atoms with van der Waals surface area (Å²) < 4.78 is 22.1. The fourth-order valence-electron chi connectivity index (χ4n) is 4.33. The van der Waals surface area contributed by atoms with Gasteiger partial charge in [-0.1, -0.05) is 29.8 Å². The Morgan fingerprint density at radius 1 is 1.03 bits per heavy atom. The molecule has 4 rings (SSSR count). The number of nitrogens with zero attached hydrogens (tertiary/aromatic N) is 2. The van der Waals surface area contributed by atoms with Gasteiger partial charge in [-0.05, 0) is 41.8 Å². The third kappa shape index (κ3) is 6.27. The molecule has 39 heavy (non-hydrogen) atoms. The molecule has 4 aromatic rings. The summed E-state index contributed by atoms with van der Waals surface area (Å²) >= 11 is 6.30. The van der Waals surface area contributed by atoms with Crippen LogP contribution in [0, 0.1) is 0 Å². The number of aromatic nitrogens is 2. The number of ether oxygens (including phenoxy) is 3. The quantitative estimate of drug-likeness (QED) is 0.240. The van der Waals surface area contributed by atoms with Crippen molar-refractivity contribution >= 4 is 23.4 Å². The molecular weight excluding hydrogens is 524 g/mol. The summed E-state index contributed by atoms with van der Waals surface area (Å²) in [6.45, 7) is 0.263. The smallest absolute Gasteiger partial charge is 0.337 e. The number of methoxy groups -OCH3 is 3. The highest BCUT2D eigenvalue weighted by molar-refractivity contribution is 6.31. The van der Waals surface area contributed by atoms with Gasteiger partial charge < -0.3 is 23.2 Å². The van der Waals surface area contributed by atoms with E-state index < -0.39 is 17.6 Å². The molecule has 0 spiro atoms. The van der Waals surface area contributed by atoms with Crippen LogP contribution in [-0.4, -0.2) is 49.2 Å². The van der Waals surface area contributed by atoms with Crippen LogP contribution >= 0.6 is 11.6 Å². The molecule has 2 heterocycles. The average Bonchev–Trinajstić information content (AvgIpc) is 3.48. The van der Waals surface area contributed by atoms with E-state index >= 15 is 0 Å². The van der Waals surface area contributed by atoms with Crippen molar-refractivity contribution in [3.8, 4) is 28.1 Å². The first kappa shape index (κ1) is 27.8. The number of hydrogen-bond donors (Lipinski definition) is 0. The zero-order valence-electron chi connectivity index (χ0n) is 21.7. The van der Waals surface area contributed by atoms with Crippen molar-refractivity contribution in [1.29, 1.82) is 0 Å². The first-order valence-corrected chi connectivity index (χ1v) is 12.4. The number of carbonyl (C=O) groups is 2. The summed E-state index contributed by atoms with van der Waals surface area (Å²) in [7, 11) is 4.33. The summed E-state index contributed by atoms with van der Waals surface area (Å²) in [5.74, 6) is -0.281. The number of esters is 1. The number of benzene rings is 2. The lowest BCUT2D eigenvalue weighted by Gasteiger charge is -2.21. The Balaban J connectivity index is 1.72. The van der Waals surface area contributed by atoms with Crippen molar-refractivity contribution < 1.29 is 28.2 Å². The molecule has 0 aliphatic heterocycles. The number of ketones is 1. The minimum atomic E-state index is -0.810. The molecule has 1 atom stereocenters. The average molecular weight is 551 g/mol. The number of pyridine rings is 1. The van der Waals surface area contributed by atoms with Crippen molar-refractivity contribution in [2.45, 2.75) is 18.9 Å². The van der Waals surface area contributed by atoms with E-state index in [-0.39, 0.29) is 25.2 Å². The van der Waals surface area contributed by atoms with Crippen LogP contribution in [0.4, 0.5) is 0 Å². The van der Waals surface area contributed by atoms with E-state index in [1.165, 1.54) is 50.8 Å². The first-order chi connectivity index (χ1) is 18.9. The van der Waals surface area contributed by atoms with Crippen LogP contribution in [0.5, 0.6) is 5.75 Å². The molecule has 0 bridgehead atoms. The molecule has 0 amide bonds. The molecule has 1 unspecified atom stereocenters. The fourth-order valence-corrected chi connectivity index (χ4v) is 4.51. The first-order valence-electron chi connectivity index (χ1n) is 12.0. The topological polar surface area (TPSA) is 110 Å². The van der Waals surface area contributed by atoms with Gasteiger partial charge in [0, 0.05) is 42.4 Å². The molecule has 2 aromatic carbocycles. The van der Waals surface area contributed by atoms with Crippen molar-refractivity contribution in [2.75, 3.05) is 27.9 Å². The van der Waals surface area contributed by atoms with E-state index in [1.807, 2.05) is 0 Å². The van der Waals surface area contributed by atoms with Crippen LogP contribution in [0.1, 0.15) is 28.4 Å². The Bertz CT molecular complexity index is 1510. The molecule has 0 radical (unpaired) electrons. The maximum absolute atomic E-state index is 13.5. The summed E-state index contributed by atoms with van der Waals surface area (Å²) in [5.41, 5.74) is 3.08. The standard InChI is InChI=1S/C29H27ClN2O7/c1-36-11-10-25(26(33)12-18-4-6-19(7-5-18)29(35)38-3)32-15-27(37-2)23(14-28(32)34)22-13-20(30)8-9-21(22)24-16-39-17-31-24/h4-9,13-17,25H,10-12H2,1-3H3. The molecule has 202 valence electrons. The van der Waals surface area contributed by atoms with E-state index in [9.17, 15) is 14.4 Å². The lowest BCUT2D eigenvalue weighted by molar-refractivity contribution is -0.122. The number of Topliss-reactive ketones (excluding diaryl/α,β-unsaturated/α-hetero) is 1. The Labute approximate surface area is 229 Å². The SMILES string of the molecule is COCCC(C(=O)Cc1ccc(C(=O)OC)cc1)n1cc(OC)c(-c2cc(Cl)ccc2-c2cocn2)cc1=O. The summed E-state index contributed by atoms with van der Waals surface area (Å²) in [4.78, 5) is 42.9. The van der Waals surface area contributed by atoms with Gasteiger partial charge >= 0.3 is 5.97 Å². The number of hydrogen-bond acceptors (Lipinski definition) is 8. The number of rotatable bonds is 11. The summed E-state index contributed by atoms with van der Waals surface area (Å²) in [5, 5.41) is 0.467. The molecule has 0 saturated heterocycles. The Morgan fingerprint density at radius 3 is 2.44 bits per heavy atom. The Morgan fingerprint density at radius 2 is 1.79 bits per heavy atom. The number of carbonyl (C=O) groups excluding carboxylic acids is 2. The molecule has 0 saturated carbocycles. The highest BCUT2D eigenvalue weighted by atomic mass is 35.5. The largest absolute Gasteiger partial charge is 0.495 e. The van der Waals surface area contributed by atoms with E-state index in [4.69, 9.17) is 30.2 Å². The second-order valence-corrected chi connectivity index (χ2v) is 9.13. The normalized spacial score (nSPS) is 11.7. The molecule has 10 heteroatoms. The maximum atomic E-state index is 13.5. The number of oxazole rings is 1. The van der Waals surface area contributed by atoms with Crippen LogP contribution in [0.25, 0.3) is 22.4 Å². The second-order valence-electron chi connectivity index (χ2n) is 8.69. The molecule has 0 aliphatic rings. The predicted octanol–water partition coefficient (Wildman–Crippen LogP) is 5.01. The van der Waals surface area contributed by atoms with Crippen LogP contribution in [-0.2, 0) is 20.7 Å². The lowest BCUT2D eigenvalue weighted by atomic mass is 9.97. The monoisotopic (exact) mass is 550 g/mol. The molecule has 9 nitrogen and oxygen atoms in total. The van der Waals surface area contributed by atoms with Crippen LogP contribution in [0.2, 0.25) is 5.02 Å². The van der Waals surface area contributed by atoms with Crippen molar-refractivity contribution in [3.63, 3.8) is 0 Å².